The number of nitrogens with one attached hydrogen (secondary N) is 2. The van der Waals surface area contributed by atoms with Gasteiger partial charge in [-0.3, -0.25) is 4.98 Å². The van der Waals surface area contributed by atoms with E-state index in [0.29, 0.717) is 11.8 Å². The van der Waals surface area contributed by atoms with Gasteiger partial charge in [-0.2, -0.15) is 0 Å². The quantitative estimate of drug-likeness (QED) is 0.437. The fraction of sp³-hybridized carbons (Fsp3) is 0.346. The minimum absolute atomic E-state index is 0.451. The number of nitrogens with zero attached hydrogens (tertiary/aromatic N) is 1. The summed E-state index contributed by atoms with van der Waals surface area (Å²) in [7, 11) is 0. The Kier molecular flexibility index (Phi) is 4.63. The molecule has 1 aliphatic rings. The summed E-state index contributed by atoms with van der Waals surface area (Å²) in [6.45, 7) is 9.02. The van der Waals surface area contributed by atoms with Crippen molar-refractivity contribution in [2.45, 2.75) is 45.4 Å². The van der Waals surface area contributed by atoms with Crippen LogP contribution in [0.4, 0.5) is 0 Å². The van der Waals surface area contributed by atoms with Gasteiger partial charge < -0.3 is 10.3 Å². The third-order valence-corrected chi connectivity index (χ3v) is 6.43. The summed E-state index contributed by atoms with van der Waals surface area (Å²) < 4.78 is 0. The van der Waals surface area contributed by atoms with E-state index in [0.717, 1.165) is 18.6 Å². The fourth-order valence-electron chi connectivity index (χ4n) is 4.99. The normalized spacial score (nSPS) is 15.6. The summed E-state index contributed by atoms with van der Waals surface area (Å²) in [5.74, 6) is 1.12. The molecule has 0 saturated carbocycles. The molecule has 0 amide bonds. The van der Waals surface area contributed by atoms with E-state index >= 15 is 0 Å². The summed E-state index contributed by atoms with van der Waals surface area (Å²) in [6.07, 6.45) is 4.34. The van der Waals surface area contributed by atoms with Crippen molar-refractivity contribution >= 4 is 21.8 Å². The van der Waals surface area contributed by atoms with Gasteiger partial charge in [0.25, 0.3) is 0 Å². The molecule has 3 heteroatoms. The Morgan fingerprint density at radius 3 is 2.66 bits per heavy atom. The SMILES string of the molecule is Cc1cc(-c2[nH]c3ccc(C4CCNCC4)cc3c2C(C)C)cc2cccnc12. The van der Waals surface area contributed by atoms with Crippen LogP contribution in [-0.2, 0) is 0 Å². The van der Waals surface area contributed by atoms with Crippen LogP contribution in [-0.4, -0.2) is 23.1 Å². The lowest BCUT2D eigenvalue weighted by Crippen LogP contribution is -2.26. The number of fused-ring (bicyclic) bond motifs is 2. The second-order valence-corrected chi connectivity index (χ2v) is 8.77. The van der Waals surface area contributed by atoms with Crippen molar-refractivity contribution in [1.82, 2.24) is 15.3 Å². The van der Waals surface area contributed by atoms with Crippen molar-refractivity contribution in [2.75, 3.05) is 13.1 Å². The van der Waals surface area contributed by atoms with Crippen molar-refractivity contribution < 1.29 is 0 Å². The smallest absolute Gasteiger partial charge is 0.0731 e. The topological polar surface area (TPSA) is 40.7 Å². The molecular formula is C26H29N3. The molecule has 0 aliphatic carbocycles. The number of benzene rings is 2. The van der Waals surface area contributed by atoms with Gasteiger partial charge in [0.2, 0.25) is 0 Å². The third-order valence-electron chi connectivity index (χ3n) is 6.43. The zero-order chi connectivity index (χ0) is 20.0. The van der Waals surface area contributed by atoms with Gasteiger partial charge >= 0.3 is 0 Å². The highest BCUT2D eigenvalue weighted by Crippen LogP contribution is 2.39. The first kappa shape index (κ1) is 18.4. The van der Waals surface area contributed by atoms with Gasteiger partial charge in [-0.1, -0.05) is 26.0 Å². The summed E-state index contributed by atoms with van der Waals surface area (Å²) in [5.41, 5.74) is 8.99. The molecule has 0 unspecified atom stereocenters. The number of aromatic amines is 1. The number of hydrogen-bond donors (Lipinski definition) is 2. The Morgan fingerprint density at radius 1 is 1.03 bits per heavy atom. The average molecular weight is 384 g/mol. The van der Waals surface area contributed by atoms with E-state index in [9.17, 15) is 0 Å². The molecule has 148 valence electrons. The minimum atomic E-state index is 0.451. The molecule has 5 rings (SSSR count). The van der Waals surface area contributed by atoms with Gasteiger partial charge in [0.1, 0.15) is 0 Å². The van der Waals surface area contributed by atoms with Crippen molar-refractivity contribution in [3.05, 3.63) is 65.4 Å². The lowest BCUT2D eigenvalue weighted by molar-refractivity contribution is 0.460. The first-order valence-electron chi connectivity index (χ1n) is 10.8. The second kappa shape index (κ2) is 7.31. The van der Waals surface area contributed by atoms with E-state index in [4.69, 9.17) is 0 Å². The van der Waals surface area contributed by atoms with E-state index in [-0.39, 0.29) is 0 Å². The molecule has 4 aromatic rings. The molecule has 1 saturated heterocycles. The van der Waals surface area contributed by atoms with Crippen molar-refractivity contribution in [3.8, 4) is 11.3 Å². The molecule has 29 heavy (non-hydrogen) atoms. The molecule has 1 fully saturated rings. The third kappa shape index (κ3) is 3.24. The molecule has 0 radical (unpaired) electrons. The Hall–Kier alpha value is -2.65. The van der Waals surface area contributed by atoms with Gasteiger partial charge in [-0.05, 0) is 97.3 Å². The number of rotatable bonds is 3. The maximum absolute atomic E-state index is 4.56. The molecule has 0 spiro atoms. The van der Waals surface area contributed by atoms with Gasteiger partial charge in [0, 0.05) is 28.2 Å². The lowest BCUT2D eigenvalue weighted by Gasteiger charge is -2.23. The predicted octanol–water partition coefficient (Wildman–Crippen LogP) is 6.28. The maximum Gasteiger partial charge on any atom is 0.0731 e. The predicted molar refractivity (Wildman–Crippen MR) is 123 cm³/mol. The van der Waals surface area contributed by atoms with Crippen LogP contribution < -0.4 is 5.32 Å². The number of H-pyrrole nitrogens is 1. The van der Waals surface area contributed by atoms with Crippen LogP contribution in [0.5, 0.6) is 0 Å². The molecule has 2 N–H and O–H groups in total. The number of pyridine rings is 1. The second-order valence-electron chi connectivity index (χ2n) is 8.77. The number of hydrogen-bond acceptors (Lipinski definition) is 2. The van der Waals surface area contributed by atoms with Crippen LogP contribution in [0.1, 0.15) is 55.2 Å². The van der Waals surface area contributed by atoms with Gasteiger partial charge in [-0.15, -0.1) is 0 Å². The summed E-state index contributed by atoms with van der Waals surface area (Å²) in [6, 6.07) is 15.8. The Balaban J connectivity index is 1.68. The standard InChI is InChI=1S/C26H29N3/c1-16(2)24-22-15-19(18-8-11-27-12-9-18)6-7-23(22)29-26(24)21-13-17(3)25-20(14-21)5-4-10-28-25/h4-7,10,13-16,18,27,29H,8-9,11-12H2,1-3H3. The molecule has 0 bridgehead atoms. The molecule has 1 aliphatic heterocycles. The van der Waals surface area contributed by atoms with Crippen LogP contribution >= 0.6 is 0 Å². The van der Waals surface area contributed by atoms with E-state index in [1.54, 1.807) is 0 Å². The van der Waals surface area contributed by atoms with E-state index < -0.39 is 0 Å². The highest BCUT2D eigenvalue weighted by atomic mass is 14.9. The number of aryl methyl sites for hydroxylation is 1. The van der Waals surface area contributed by atoms with Gasteiger partial charge in [-0.25, -0.2) is 0 Å². The van der Waals surface area contributed by atoms with E-state index in [1.165, 1.54) is 57.1 Å². The number of piperidine rings is 1. The highest BCUT2D eigenvalue weighted by molar-refractivity contribution is 5.94. The van der Waals surface area contributed by atoms with Crippen LogP contribution in [0.3, 0.4) is 0 Å². The van der Waals surface area contributed by atoms with Crippen LogP contribution in [0.15, 0.2) is 48.7 Å². The van der Waals surface area contributed by atoms with Crippen molar-refractivity contribution in [1.29, 1.82) is 0 Å². The van der Waals surface area contributed by atoms with Crippen LogP contribution in [0, 0.1) is 6.92 Å². The van der Waals surface area contributed by atoms with Crippen LogP contribution in [0.25, 0.3) is 33.1 Å². The number of aromatic nitrogens is 2. The lowest BCUT2D eigenvalue weighted by atomic mass is 9.88. The first-order chi connectivity index (χ1) is 14.1. The van der Waals surface area contributed by atoms with E-state index in [1.807, 2.05) is 12.3 Å². The zero-order valence-electron chi connectivity index (χ0n) is 17.5. The Labute approximate surface area is 172 Å². The molecule has 3 nitrogen and oxygen atoms in total. The molecule has 3 heterocycles. The van der Waals surface area contributed by atoms with Crippen molar-refractivity contribution in [2.24, 2.45) is 0 Å². The van der Waals surface area contributed by atoms with Gasteiger partial charge in [0.15, 0.2) is 0 Å². The summed E-state index contributed by atoms with van der Waals surface area (Å²) in [5, 5.41) is 6.07. The Bertz CT molecular complexity index is 1180. The summed E-state index contributed by atoms with van der Waals surface area (Å²) >= 11 is 0. The molecule has 2 aromatic heterocycles. The average Bonchev–Trinajstić information content (AvgIpc) is 3.13. The first-order valence-corrected chi connectivity index (χ1v) is 10.8. The van der Waals surface area contributed by atoms with Gasteiger partial charge in [0.05, 0.1) is 5.52 Å². The molecule has 0 atom stereocenters. The molecular weight excluding hydrogens is 354 g/mol. The molecule has 2 aromatic carbocycles. The zero-order valence-corrected chi connectivity index (χ0v) is 17.5. The monoisotopic (exact) mass is 383 g/mol. The highest BCUT2D eigenvalue weighted by Gasteiger charge is 2.20. The Morgan fingerprint density at radius 2 is 1.86 bits per heavy atom. The van der Waals surface area contributed by atoms with Crippen LogP contribution in [0.2, 0.25) is 0 Å². The largest absolute Gasteiger partial charge is 0.354 e. The summed E-state index contributed by atoms with van der Waals surface area (Å²) in [4.78, 5) is 8.31. The van der Waals surface area contributed by atoms with E-state index in [2.05, 4.69) is 72.5 Å². The van der Waals surface area contributed by atoms with Crippen molar-refractivity contribution in [3.63, 3.8) is 0 Å². The minimum Gasteiger partial charge on any atom is -0.354 e. The maximum atomic E-state index is 4.56. The fourth-order valence-corrected chi connectivity index (χ4v) is 4.99.